The summed E-state index contributed by atoms with van der Waals surface area (Å²) in [6.45, 7) is 5.57. The van der Waals surface area contributed by atoms with E-state index in [2.05, 4.69) is 34.3 Å². The molecule has 1 aromatic rings. The molecule has 1 aliphatic rings. The van der Waals surface area contributed by atoms with Crippen LogP contribution in [0, 0.1) is 0 Å². The second-order valence-electron chi connectivity index (χ2n) is 4.02. The molecule has 5 heteroatoms. The van der Waals surface area contributed by atoms with Crippen LogP contribution in [-0.4, -0.2) is 30.7 Å². The summed E-state index contributed by atoms with van der Waals surface area (Å²) in [5.74, 6) is 0. The van der Waals surface area contributed by atoms with Gasteiger partial charge in [-0.25, -0.2) is 0 Å². The Hall–Kier alpha value is -0.510. The zero-order chi connectivity index (χ0) is 10.5. The van der Waals surface area contributed by atoms with Gasteiger partial charge in [0, 0.05) is 37.2 Å². The lowest BCUT2D eigenvalue weighted by Gasteiger charge is -2.33. The minimum absolute atomic E-state index is 0. The van der Waals surface area contributed by atoms with Crippen LogP contribution in [0.5, 0.6) is 0 Å². The third kappa shape index (κ3) is 4.70. The van der Waals surface area contributed by atoms with Crippen LogP contribution < -0.4 is 10.2 Å². The number of nitrogens with one attached hydrogen (secondary N) is 1. The molecule has 1 N–H and O–H groups in total. The van der Waals surface area contributed by atoms with E-state index in [1.54, 1.807) is 0 Å². The normalized spacial score (nSPS) is 15.9. The molecule has 0 atom stereocenters. The number of hydrogen-bond donors (Lipinski definition) is 1. The topological polar surface area (TPSA) is 28.2 Å². The Kier molecular flexibility index (Phi) is 8.30. The molecule has 1 aromatic heterocycles. The van der Waals surface area contributed by atoms with Gasteiger partial charge in [0.1, 0.15) is 0 Å². The Morgan fingerprint density at radius 3 is 2.35 bits per heavy atom. The SMILES string of the molecule is CCNC1CCN(c2ccncc2)CC1.Cl.Cl. The Morgan fingerprint density at radius 1 is 1.24 bits per heavy atom. The van der Waals surface area contributed by atoms with Gasteiger partial charge in [-0.1, -0.05) is 6.92 Å². The minimum atomic E-state index is 0. The molecule has 1 saturated heterocycles. The lowest BCUT2D eigenvalue weighted by molar-refractivity contribution is 0.424. The molecule has 0 spiro atoms. The van der Waals surface area contributed by atoms with Crippen LogP contribution in [0.1, 0.15) is 19.8 Å². The first-order valence-corrected chi connectivity index (χ1v) is 5.78. The molecule has 17 heavy (non-hydrogen) atoms. The van der Waals surface area contributed by atoms with E-state index >= 15 is 0 Å². The van der Waals surface area contributed by atoms with Gasteiger partial charge in [-0.05, 0) is 31.5 Å². The summed E-state index contributed by atoms with van der Waals surface area (Å²) in [5, 5.41) is 3.52. The molecule has 1 fully saturated rings. The van der Waals surface area contributed by atoms with Crippen LogP contribution in [0.15, 0.2) is 24.5 Å². The van der Waals surface area contributed by atoms with Crippen molar-refractivity contribution in [2.75, 3.05) is 24.5 Å². The van der Waals surface area contributed by atoms with Crippen LogP contribution in [0.2, 0.25) is 0 Å². The maximum Gasteiger partial charge on any atom is 0.0397 e. The Balaban J connectivity index is 0.00000128. The maximum absolute atomic E-state index is 4.05. The van der Waals surface area contributed by atoms with Crippen LogP contribution in [-0.2, 0) is 0 Å². The van der Waals surface area contributed by atoms with Gasteiger partial charge in [-0.15, -0.1) is 24.8 Å². The van der Waals surface area contributed by atoms with E-state index < -0.39 is 0 Å². The second kappa shape index (κ2) is 8.56. The highest BCUT2D eigenvalue weighted by Crippen LogP contribution is 2.18. The average Bonchev–Trinajstić information content (AvgIpc) is 2.32. The van der Waals surface area contributed by atoms with E-state index in [0.717, 1.165) is 19.6 Å². The summed E-state index contributed by atoms with van der Waals surface area (Å²) < 4.78 is 0. The first-order chi connectivity index (χ1) is 7.40. The molecule has 0 aromatic carbocycles. The zero-order valence-corrected chi connectivity index (χ0v) is 11.8. The van der Waals surface area contributed by atoms with Crippen molar-refractivity contribution < 1.29 is 0 Å². The van der Waals surface area contributed by atoms with Gasteiger partial charge in [-0.2, -0.15) is 0 Å². The number of aromatic nitrogens is 1. The second-order valence-corrected chi connectivity index (χ2v) is 4.02. The first-order valence-electron chi connectivity index (χ1n) is 5.78. The number of rotatable bonds is 3. The molecule has 2 rings (SSSR count). The molecular formula is C12H21Cl2N3. The third-order valence-electron chi connectivity index (χ3n) is 3.02. The molecule has 0 saturated carbocycles. The van der Waals surface area contributed by atoms with E-state index in [4.69, 9.17) is 0 Å². The fraction of sp³-hybridized carbons (Fsp3) is 0.583. The number of halogens is 2. The lowest BCUT2D eigenvalue weighted by atomic mass is 10.0. The molecule has 0 bridgehead atoms. The zero-order valence-electron chi connectivity index (χ0n) is 10.1. The number of pyridine rings is 1. The van der Waals surface area contributed by atoms with Gasteiger partial charge >= 0.3 is 0 Å². The maximum atomic E-state index is 4.05. The van der Waals surface area contributed by atoms with Crippen molar-refractivity contribution in [1.29, 1.82) is 0 Å². The average molecular weight is 278 g/mol. The van der Waals surface area contributed by atoms with E-state index in [-0.39, 0.29) is 24.8 Å². The predicted octanol–water partition coefficient (Wildman–Crippen LogP) is 2.50. The summed E-state index contributed by atoms with van der Waals surface area (Å²) >= 11 is 0. The Labute approximate surface area is 116 Å². The van der Waals surface area contributed by atoms with Gasteiger partial charge in [0.2, 0.25) is 0 Å². The van der Waals surface area contributed by atoms with E-state index in [1.807, 2.05) is 12.4 Å². The van der Waals surface area contributed by atoms with Crippen molar-refractivity contribution in [2.45, 2.75) is 25.8 Å². The molecule has 0 unspecified atom stereocenters. The number of hydrogen-bond acceptors (Lipinski definition) is 3. The molecule has 3 nitrogen and oxygen atoms in total. The fourth-order valence-corrected chi connectivity index (χ4v) is 2.19. The smallest absolute Gasteiger partial charge is 0.0397 e. The summed E-state index contributed by atoms with van der Waals surface area (Å²) in [6, 6.07) is 4.90. The van der Waals surface area contributed by atoms with Crippen molar-refractivity contribution >= 4 is 30.5 Å². The Bertz CT molecular complexity index is 287. The van der Waals surface area contributed by atoms with E-state index in [0.29, 0.717) is 6.04 Å². The summed E-state index contributed by atoms with van der Waals surface area (Å²) in [5.41, 5.74) is 1.31. The molecular weight excluding hydrogens is 257 g/mol. The van der Waals surface area contributed by atoms with Crippen molar-refractivity contribution in [3.8, 4) is 0 Å². The van der Waals surface area contributed by atoms with Gasteiger partial charge < -0.3 is 10.2 Å². The van der Waals surface area contributed by atoms with Crippen LogP contribution >= 0.6 is 24.8 Å². The van der Waals surface area contributed by atoms with Crippen molar-refractivity contribution in [3.63, 3.8) is 0 Å². The van der Waals surface area contributed by atoms with Crippen LogP contribution in [0.25, 0.3) is 0 Å². The van der Waals surface area contributed by atoms with Gasteiger partial charge in [-0.3, -0.25) is 4.98 Å². The third-order valence-corrected chi connectivity index (χ3v) is 3.02. The number of anilines is 1. The Morgan fingerprint density at radius 2 is 1.82 bits per heavy atom. The molecule has 98 valence electrons. The lowest BCUT2D eigenvalue weighted by Crippen LogP contribution is -2.42. The molecule has 1 aliphatic heterocycles. The quantitative estimate of drug-likeness (QED) is 0.920. The monoisotopic (exact) mass is 277 g/mol. The highest BCUT2D eigenvalue weighted by Gasteiger charge is 2.17. The van der Waals surface area contributed by atoms with Gasteiger partial charge in [0.05, 0.1) is 0 Å². The standard InChI is InChI=1S/C12H19N3.2ClH/c1-2-14-11-5-9-15(10-6-11)12-3-7-13-8-4-12;;/h3-4,7-8,11,14H,2,5-6,9-10H2,1H3;2*1H. The van der Waals surface area contributed by atoms with Crippen molar-refractivity contribution in [2.24, 2.45) is 0 Å². The molecule has 0 aliphatic carbocycles. The van der Waals surface area contributed by atoms with Crippen molar-refractivity contribution in [1.82, 2.24) is 10.3 Å². The van der Waals surface area contributed by atoms with Crippen molar-refractivity contribution in [3.05, 3.63) is 24.5 Å². The highest BCUT2D eigenvalue weighted by molar-refractivity contribution is 5.85. The van der Waals surface area contributed by atoms with E-state index in [1.165, 1.54) is 18.5 Å². The van der Waals surface area contributed by atoms with Crippen LogP contribution in [0.4, 0.5) is 5.69 Å². The largest absolute Gasteiger partial charge is 0.371 e. The van der Waals surface area contributed by atoms with Gasteiger partial charge in [0.25, 0.3) is 0 Å². The number of piperidine rings is 1. The summed E-state index contributed by atoms with van der Waals surface area (Å²) in [6.07, 6.45) is 6.23. The molecule has 0 amide bonds. The van der Waals surface area contributed by atoms with Crippen LogP contribution in [0.3, 0.4) is 0 Å². The summed E-state index contributed by atoms with van der Waals surface area (Å²) in [4.78, 5) is 6.49. The molecule has 2 heterocycles. The fourth-order valence-electron chi connectivity index (χ4n) is 2.19. The number of nitrogens with zero attached hydrogens (tertiary/aromatic N) is 2. The van der Waals surface area contributed by atoms with E-state index in [9.17, 15) is 0 Å². The van der Waals surface area contributed by atoms with Gasteiger partial charge in [0.15, 0.2) is 0 Å². The summed E-state index contributed by atoms with van der Waals surface area (Å²) in [7, 11) is 0. The highest BCUT2D eigenvalue weighted by atomic mass is 35.5. The molecule has 0 radical (unpaired) electrons. The minimum Gasteiger partial charge on any atom is -0.371 e. The predicted molar refractivity (Wildman–Crippen MR) is 77.6 cm³/mol. The first kappa shape index (κ1) is 16.5.